The van der Waals surface area contributed by atoms with Crippen molar-refractivity contribution in [2.24, 2.45) is 0 Å². The molecule has 0 saturated carbocycles. The van der Waals surface area contributed by atoms with Gasteiger partial charge in [0.1, 0.15) is 0 Å². The first-order chi connectivity index (χ1) is 6.86. The fourth-order valence-corrected chi connectivity index (χ4v) is 3.00. The van der Waals surface area contributed by atoms with E-state index in [1.54, 1.807) is 0 Å². The number of rotatable bonds is 3. The van der Waals surface area contributed by atoms with Gasteiger partial charge in [-0.15, -0.1) is 0 Å². The van der Waals surface area contributed by atoms with E-state index < -0.39 is 0 Å². The van der Waals surface area contributed by atoms with Crippen molar-refractivity contribution >= 4 is 21.8 Å². The van der Waals surface area contributed by atoms with Crippen molar-refractivity contribution in [1.82, 2.24) is 5.32 Å². The molecule has 1 N–H and O–H groups in total. The van der Waals surface area contributed by atoms with Crippen molar-refractivity contribution in [3.63, 3.8) is 0 Å². The maximum atomic E-state index is 11.8. The molecule has 0 radical (unpaired) electrons. The molecule has 1 unspecified atom stereocenters. The molecule has 2 rings (SSSR count). The molecule has 0 bridgehead atoms. The summed E-state index contributed by atoms with van der Waals surface area (Å²) in [4.78, 5) is 11.8. The first kappa shape index (κ1) is 9.62. The van der Waals surface area contributed by atoms with Gasteiger partial charge in [-0.1, -0.05) is 30.3 Å². The van der Waals surface area contributed by atoms with Crippen LogP contribution in [0.1, 0.15) is 10.4 Å². The molecule has 3 heteroatoms. The average molecular weight is 207 g/mol. The molecule has 0 fully saturated rings. The molecule has 74 valence electrons. The zero-order chi connectivity index (χ0) is 9.80. The lowest BCUT2D eigenvalue weighted by molar-refractivity contribution is 0.102. The van der Waals surface area contributed by atoms with Crippen molar-refractivity contribution in [3.05, 3.63) is 35.9 Å². The second-order valence-corrected chi connectivity index (χ2v) is 5.25. The predicted molar refractivity (Wildman–Crippen MR) is 62.2 cm³/mol. The molecule has 2 nitrogen and oxygen atoms in total. The van der Waals surface area contributed by atoms with Crippen LogP contribution in [0.25, 0.3) is 0 Å². The van der Waals surface area contributed by atoms with Crippen LogP contribution in [0.4, 0.5) is 0 Å². The highest BCUT2D eigenvalue weighted by molar-refractivity contribution is 8.15. The van der Waals surface area contributed by atoms with Gasteiger partial charge in [0.15, 0.2) is 5.78 Å². The topological polar surface area (TPSA) is 29.1 Å². The van der Waals surface area contributed by atoms with Gasteiger partial charge in [0.05, 0.1) is 5.75 Å². The fourth-order valence-electron chi connectivity index (χ4n) is 1.42. The number of hydrogen-bond acceptors (Lipinski definition) is 2. The van der Waals surface area contributed by atoms with Crippen LogP contribution in [0.3, 0.4) is 0 Å². The highest BCUT2D eigenvalue weighted by Gasteiger charge is 2.09. The molecule has 0 saturated heterocycles. The van der Waals surface area contributed by atoms with Crippen LogP contribution >= 0.6 is 10.5 Å². The lowest BCUT2D eigenvalue weighted by Crippen LogP contribution is -2.05. The largest absolute Gasteiger partial charge is 0.293 e. The van der Waals surface area contributed by atoms with E-state index in [4.69, 9.17) is 0 Å². The van der Waals surface area contributed by atoms with E-state index in [2.05, 4.69) is 10.8 Å². The zero-order valence-corrected chi connectivity index (χ0v) is 8.72. The maximum absolute atomic E-state index is 11.8. The molecule has 1 aliphatic rings. The van der Waals surface area contributed by atoms with Gasteiger partial charge in [-0.25, -0.2) is 0 Å². The summed E-state index contributed by atoms with van der Waals surface area (Å²) in [5, 5.41) is 3.16. The summed E-state index contributed by atoms with van der Waals surface area (Å²) in [5.74, 6) is 2.03. The third-order valence-electron chi connectivity index (χ3n) is 2.17. The van der Waals surface area contributed by atoms with E-state index in [1.165, 1.54) is 0 Å². The van der Waals surface area contributed by atoms with Crippen LogP contribution in [-0.4, -0.2) is 29.3 Å². The molecule has 1 heterocycles. The molecule has 1 aliphatic heterocycles. The van der Waals surface area contributed by atoms with E-state index in [1.807, 2.05) is 30.3 Å². The summed E-state index contributed by atoms with van der Waals surface area (Å²) < 4.78 is 0. The number of benzene rings is 1. The van der Waals surface area contributed by atoms with Crippen molar-refractivity contribution in [2.45, 2.75) is 0 Å². The van der Waals surface area contributed by atoms with Gasteiger partial charge in [-0.3, -0.25) is 10.1 Å². The standard InChI is InChI=1S/C11H13NOS/c13-11(8-14-7-6-12-9-14)10-4-2-1-3-5-10/h1-5,9,12H,6-8H2. The maximum Gasteiger partial charge on any atom is 0.172 e. The minimum Gasteiger partial charge on any atom is -0.293 e. The first-order valence-electron chi connectivity index (χ1n) is 4.67. The van der Waals surface area contributed by atoms with Crippen molar-refractivity contribution in [2.75, 3.05) is 18.1 Å². The van der Waals surface area contributed by atoms with Crippen LogP contribution in [-0.2, 0) is 0 Å². The lowest BCUT2D eigenvalue weighted by atomic mass is 10.2. The first-order valence-corrected chi connectivity index (χ1v) is 6.30. The Morgan fingerprint density at radius 3 is 2.79 bits per heavy atom. The van der Waals surface area contributed by atoms with Gasteiger partial charge < -0.3 is 0 Å². The Kier molecular flexibility index (Phi) is 3.11. The average Bonchev–Trinajstić information content (AvgIpc) is 2.72. The van der Waals surface area contributed by atoms with Gasteiger partial charge in [0, 0.05) is 23.4 Å². The van der Waals surface area contributed by atoms with Gasteiger partial charge >= 0.3 is 0 Å². The molecule has 1 atom stereocenters. The molecular formula is C11H13NOS. The van der Waals surface area contributed by atoms with Gasteiger partial charge in [-0.05, 0) is 0 Å². The number of Topliss-reactive ketones (excluding diaryl/α,β-unsaturated/α-hetero) is 1. The Morgan fingerprint density at radius 1 is 1.36 bits per heavy atom. The van der Waals surface area contributed by atoms with E-state index in [0.717, 1.165) is 17.9 Å². The van der Waals surface area contributed by atoms with E-state index in [-0.39, 0.29) is 16.3 Å². The number of hydrogen-bond donors (Lipinski definition) is 1. The monoisotopic (exact) mass is 207 g/mol. The summed E-state index contributed by atoms with van der Waals surface area (Å²) in [6.07, 6.45) is 0. The van der Waals surface area contributed by atoms with Crippen LogP contribution in [0, 0.1) is 0 Å². The summed E-state index contributed by atoms with van der Waals surface area (Å²) in [6, 6.07) is 9.52. The second-order valence-electron chi connectivity index (χ2n) is 3.25. The number of carbonyl (C=O) groups is 1. The Morgan fingerprint density at radius 2 is 2.14 bits per heavy atom. The molecule has 0 aromatic heterocycles. The molecule has 1 aromatic carbocycles. The van der Waals surface area contributed by atoms with Gasteiger partial charge in [0.25, 0.3) is 0 Å². The minimum absolute atomic E-state index is 0.156. The normalized spacial score (nSPS) is 20.4. The summed E-state index contributed by atoms with van der Waals surface area (Å²) >= 11 is 0. The molecule has 0 spiro atoms. The van der Waals surface area contributed by atoms with Crippen LogP contribution in [0.15, 0.2) is 30.3 Å². The number of nitrogens with one attached hydrogen (secondary N) is 1. The molecular weight excluding hydrogens is 194 g/mol. The highest BCUT2D eigenvalue weighted by Crippen LogP contribution is 2.15. The van der Waals surface area contributed by atoms with Gasteiger partial charge in [0.2, 0.25) is 0 Å². The minimum atomic E-state index is 0.156. The molecule has 1 aromatic rings. The van der Waals surface area contributed by atoms with Gasteiger partial charge in [-0.2, -0.15) is 10.5 Å². The van der Waals surface area contributed by atoms with Crippen LogP contribution in [0.2, 0.25) is 0 Å². The molecule has 14 heavy (non-hydrogen) atoms. The highest BCUT2D eigenvalue weighted by atomic mass is 32.2. The fraction of sp³-hybridized carbons (Fsp3) is 0.273. The lowest BCUT2D eigenvalue weighted by Gasteiger charge is -2.01. The summed E-state index contributed by atoms with van der Waals surface area (Å²) in [7, 11) is 0.156. The summed E-state index contributed by atoms with van der Waals surface area (Å²) in [5.41, 5.74) is 2.90. The SMILES string of the molecule is O=C(CS1=CNCC1)c1ccccc1. The molecule has 0 amide bonds. The Hall–Kier alpha value is -0.930. The predicted octanol–water partition coefficient (Wildman–Crippen LogP) is 1.50. The van der Waals surface area contributed by atoms with E-state index in [9.17, 15) is 4.79 Å². The third-order valence-corrected chi connectivity index (χ3v) is 4.03. The molecule has 0 aliphatic carbocycles. The zero-order valence-electron chi connectivity index (χ0n) is 7.90. The number of ketones is 1. The Bertz CT molecular complexity index is 359. The van der Waals surface area contributed by atoms with Crippen molar-refractivity contribution < 1.29 is 4.79 Å². The Balaban J connectivity index is 2.03. The quantitative estimate of drug-likeness (QED) is 0.601. The third kappa shape index (κ3) is 2.30. The second kappa shape index (κ2) is 4.53. The van der Waals surface area contributed by atoms with Crippen LogP contribution in [0.5, 0.6) is 0 Å². The van der Waals surface area contributed by atoms with Crippen molar-refractivity contribution in [3.8, 4) is 0 Å². The Labute approximate surface area is 86.3 Å². The van der Waals surface area contributed by atoms with E-state index in [0.29, 0.717) is 5.75 Å². The van der Waals surface area contributed by atoms with Crippen LogP contribution < -0.4 is 5.32 Å². The summed E-state index contributed by atoms with van der Waals surface area (Å²) in [6.45, 7) is 1.02. The smallest absolute Gasteiger partial charge is 0.172 e. The van der Waals surface area contributed by atoms with Crippen molar-refractivity contribution in [1.29, 1.82) is 0 Å². The number of carbonyl (C=O) groups excluding carboxylic acids is 1. The van der Waals surface area contributed by atoms with E-state index >= 15 is 0 Å².